The normalized spacial score (nSPS) is 13.1. The number of pyridine rings is 1. The molecule has 0 fully saturated rings. The smallest absolute Gasteiger partial charge is 0.240 e. The van der Waals surface area contributed by atoms with Crippen molar-refractivity contribution in [3.05, 3.63) is 58.3 Å². The van der Waals surface area contributed by atoms with E-state index >= 15 is 0 Å². The average Bonchev–Trinajstić information content (AvgIpc) is 2.41. The maximum atomic E-state index is 12.2. The van der Waals surface area contributed by atoms with E-state index < -0.39 is 10.0 Å². The molecule has 1 atom stereocenters. The van der Waals surface area contributed by atoms with E-state index in [0.717, 1.165) is 5.56 Å². The van der Waals surface area contributed by atoms with E-state index in [4.69, 9.17) is 23.2 Å². The molecule has 1 aromatic heterocycles. The molecule has 0 spiro atoms. The van der Waals surface area contributed by atoms with Gasteiger partial charge in [-0.25, -0.2) is 18.1 Å². The third kappa shape index (κ3) is 4.41. The molecule has 1 unspecified atom stereocenters. The Morgan fingerprint density at radius 2 is 1.95 bits per heavy atom. The number of nitrogens with zero attached hydrogens (tertiary/aromatic N) is 1. The molecular formula is C14H14Cl2N2O2S. The van der Waals surface area contributed by atoms with Crippen LogP contribution in [0.1, 0.15) is 12.5 Å². The maximum Gasteiger partial charge on any atom is 0.240 e. The van der Waals surface area contributed by atoms with Crippen molar-refractivity contribution in [1.82, 2.24) is 9.71 Å². The highest BCUT2D eigenvalue weighted by molar-refractivity contribution is 7.89. The lowest BCUT2D eigenvalue weighted by Gasteiger charge is -2.15. The number of aromatic nitrogens is 1. The summed E-state index contributed by atoms with van der Waals surface area (Å²) in [5, 5.41) is 0.757. The maximum absolute atomic E-state index is 12.2. The summed E-state index contributed by atoms with van der Waals surface area (Å²) >= 11 is 11.8. The highest BCUT2D eigenvalue weighted by Gasteiger charge is 2.18. The van der Waals surface area contributed by atoms with Crippen LogP contribution < -0.4 is 4.72 Å². The van der Waals surface area contributed by atoms with Crippen LogP contribution in [0, 0.1) is 0 Å². The predicted molar refractivity (Wildman–Crippen MR) is 84.2 cm³/mol. The summed E-state index contributed by atoms with van der Waals surface area (Å²) in [4.78, 5) is 3.86. The van der Waals surface area contributed by atoms with Gasteiger partial charge in [-0.3, -0.25) is 0 Å². The van der Waals surface area contributed by atoms with E-state index in [2.05, 4.69) is 9.71 Å². The number of hydrogen-bond acceptors (Lipinski definition) is 3. The molecule has 2 aromatic rings. The zero-order valence-corrected chi connectivity index (χ0v) is 13.6. The lowest BCUT2D eigenvalue weighted by molar-refractivity contribution is 0.559. The Labute approximate surface area is 134 Å². The van der Waals surface area contributed by atoms with Gasteiger partial charge in [-0.1, -0.05) is 41.4 Å². The largest absolute Gasteiger partial charge is 0.244 e. The number of sulfonamides is 1. The molecule has 21 heavy (non-hydrogen) atoms. The van der Waals surface area contributed by atoms with Gasteiger partial charge in [-0.15, -0.1) is 0 Å². The summed E-state index contributed by atoms with van der Waals surface area (Å²) in [5.41, 5.74) is 0.891. The molecular weight excluding hydrogens is 331 g/mol. The molecule has 4 nitrogen and oxygen atoms in total. The molecule has 0 aliphatic rings. The first kappa shape index (κ1) is 16.2. The zero-order chi connectivity index (χ0) is 15.5. The molecule has 0 aliphatic carbocycles. The van der Waals surface area contributed by atoms with Crippen LogP contribution in [0.25, 0.3) is 0 Å². The monoisotopic (exact) mass is 344 g/mol. The van der Waals surface area contributed by atoms with Crippen LogP contribution in [-0.2, 0) is 16.4 Å². The quantitative estimate of drug-likeness (QED) is 0.846. The molecule has 7 heteroatoms. The second-order valence-electron chi connectivity index (χ2n) is 4.63. The van der Waals surface area contributed by atoms with Crippen LogP contribution >= 0.6 is 23.2 Å². The van der Waals surface area contributed by atoms with Gasteiger partial charge in [0.05, 0.1) is 4.90 Å². The number of nitrogens with one attached hydrogen (secondary N) is 1. The Kier molecular flexibility index (Phi) is 5.22. The Balaban J connectivity index is 2.12. The second kappa shape index (κ2) is 6.75. The van der Waals surface area contributed by atoms with Gasteiger partial charge in [0.2, 0.25) is 10.0 Å². The molecule has 1 heterocycles. The summed E-state index contributed by atoms with van der Waals surface area (Å²) in [5.74, 6) is 0. The number of halogens is 2. The Morgan fingerprint density at radius 3 is 2.62 bits per heavy atom. The van der Waals surface area contributed by atoms with Crippen molar-refractivity contribution in [2.45, 2.75) is 24.3 Å². The van der Waals surface area contributed by atoms with Crippen LogP contribution in [-0.4, -0.2) is 19.4 Å². The molecule has 2 rings (SSSR count). The zero-order valence-electron chi connectivity index (χ0n) is 11.3. The van der Waals surface area contributed by atoms with Crippen LogP contribution in [0.15, 0.2) is 47.5 Å². The van der Waals surface area contributed by atoms with Crippen LogP contribution in [0.5, 0.6) is 0 Å². The minimum atomic E-state index is -3.63. The number of benzene rings is 1. The van der Waals surface area contributed by atoms with Crippen molar-refractivity contribution >= 4 is 33.2 Å². The summed E-state index contributed by atoms with van der Waals surface area (Å²) in [6.07, 6.45) is 1.85. The van der Waals surface area contributed by atoms with Gasteiger partial charge in [-0.2, -0.15) is 0 Å². The topological polar surface area (TPSA) is 59.1 Å². The van der Waals surface area contributed by atoms with Crippen molar-refractivity contribution in [3.63, 3.8) is 0 Å². The van der Waals surface area contributed by atoms with Crippen molar-refractivity contribution in [2.24, 2.45) is 0 Å². The summed E-state index contributed by atoms with van der Waals surface area (Å²) in [7, 11) is -3.63. The summed E-state index contributed by atoms with van der Waals surface area (Å²) < 4.78 is 27.1. The first-order valence-corrected chi connectivity index (χ1v) is 8.49. The van der Waals surface area contributed by atoms with Gasteiger partial charge in [0.25, 0.3) is 0 Å². The van der Waals surface area contributed by atoms with Crippen molar-refractivity contribution in [2.75, 3.05) is 0 Å². The fourth-order valence-corrected chi connectivity index (χ4v) is 3.63. The third-order valence-electron chi connectivity index (χ3n) is 2.85. The fourth-order valence-electron chi connectivity index (χ4n) is 1.92. The molecule has 112 valence electrons. The first-order chi connectivity index (χ1) is 9.88. The molecule has 0 saturated carbocycles. The van der Waals surface area contributed by atoms with Crippen molar-refractivity contribution < 1.29 is 8.42 Å². The highest BCUT2D eigenvalue weighted by Crippen LogP contribution is 2.18. The van der Waals surface area contributed by atoms with E-state index in [1.807, 2.05) is 18.2 Å². The van der Waals surface area contributed by atoms with Crippen LogP contribution in [0.4, 0.5) is 0 Å². The van der Waals surface area contributed by atoms with Crippen molar-refractivity contribution in [3.8, 4) is 0 Å². The van der Waals surface area contributed by atoms with Crippen LogP contribution in [0.2, 0.25) is 10.2 Å². The molecule has 0 saturated heterocycles. The minimum absolute atomic E-state index is 0.0912. The first-order valence-electron chi connectivity index (χ1n) is 6.26. The summed E-state index contributed by atoms with van der Waals surface area (Å²) in [6.45, 7) is 1.78. The second-order valence-corrected chi connectivity index (χ2v) is 7.14. The van der Waals surface area contributed by atoms with Gasteiger partial charge >= 0.3 is 0 Å². The van der Waals surface area contributed by atoms with Gasteiger partial charge < -0.3 is 0 Å². The third-order valence-corrected chi connectivity index (χ3v) is 5.01. The van der Waals surface area contributed by atoms with E-state index in [0.29, 0.717) is 11.4 Å². The fraction of sp³-hybridized carbons (Fsp3) is 0.214. The molecule has 1 N–H and O–H groups in total. The molecule has 0 bridgehead atoms. The minimum Gasteiger partial charge on any atom is -0.244 e. The molecule has 0 amide bonds. The predicted octanol–water partition coefficient (Wildman–Crippen LogP) is 3.30. The Bertz CT molecular complexity index is 735. The standard InChI is InChI=1S/C14H14Cl2N2O2S/c1-10(8-11-4-2-3-5-13(11)15)18-21(19,20)12-6-7-17-14(16)9-12/h2-7,9-10,18H,8H2,1H3. The number of rotatable bonds is 5. The lowest BCUT2D eigenvalue weighted by Crippen LogP contribution is -2.34. The molecule has 0 aliphatic heterocycles. The highest BCUT2D eigenvalue weighted by atomic mass is 35.5. The van der Waals surface area contributed by atoms with E-state index in [9.17, 15) is 8.42 Å². The van der Waals surface area contributed by atoms with Gasteiger partial charge in [0.1, 0.15) is 5.15 Å². The average molecular weight is 345 g/mol. The number of hydrogen-bond donors (Lipinski definition) is 1. The Hall–Kier alpha value is -1.14. The van der Waals surface area contributed by atoms with E-state index in [1.165, 1.54) is 18.3 Å². The van der Waals surface area contributed by atoms with Gasteiger partial charge in [0.15, 0.2) is 0 Å². The van der Waals surface area contributed by atoms with Gasteiger partial charge in [0, 0.05) is 17.3 Å². The SMILES string of the molecule is CC(Cc1ccccc1Cl)NS(=O)(=O)c1ccnc(Cl)c1. The lowest BCUT2D eigenvalue weighted by atomic mass is 10.1. The Morgan fingerprint density at radius 1 is 1.24 bits per heavy atom. The molecule has 0 radical (unpaired) electrons. The van der Waals surface area contributed by atoms with Gasteiger partial charge in [-0.05, 0) is 37.1 Å². The van der Waals surface area contributed by atoms with Crippen LogP contribution in [0.3, 0.4) is 0 Å². The molecule has 1 aromatic carbocycles. The van der Waals surface area contributed by atoms with E-state index in [1.54, 1.807) is 13.0 Å². The van der Waals surface area contributed by atoms with E-state index in [-0.39, 0.29) is 16.1 Å². The summed E-state index contributed by atoms with van der Waals surface area (Å²) in [6, 6.07) is 9.76. The van der Waals surface area contributed by atoms with Crippen molar-refractivity contribution in [1.29, 1.82) is 0 Å².